The summed E-state index contributed by atoms with van der Waals surface area (Å²) < 4.78 is 6.38. The minimum Gasteiger partial charge on any atom is -0.449 e. The maximum atomic E-state index is 11.6. The number of hydrogen-bond donors (Lipinski definition) is 0. The van der Waals surface area contributed by atoms with E-state index in [0.29, 0.717) is 12.0 Å². The fourth-order valence-corrected chi connectivity index (χ4v) is 3.51. The van der Waals surface area contributed by atoms with Crippen LogP contribution >= 0.6 is 22.6 Å². The van der Waals surface area contributed by atoms with E-state index in [4.69, 9.17) is 4.74 Å². The van der Waals surface area contributed by atoms with Crippen LogP contribution in [0.2, 0.25) is 0 Å². The smallest absolute Gasteiger partial charge is 0.409 e. The highest BCUT2D eigenvalue weighted by Gasteiger charge is 2.60. The maximum Gasteiger partial charge on any atom is 0.409 e. The Hall–Kier alpha value is 0. The first-order chi connectivity index (χ1) is 7.22. The SMILES string of the molecule is CCCCOC(=O)N1CC2CC2(CI)C1. The van der Waals surface area contributed by atoms with E-state index < -0.39 is 0 Å². The molecular weight excluding hydrogens is 305 g/mol. The summed E-state index contributed by atoms with van der Waals surface area (Å²) in [6, 6.07) is 0. The molecule has 4 heteroatoms. The topological polar surface area (TPSA) is 29.5 Å². The molecule has 0 aromatic carbocycles. The first-order valence-corrected chi connectivity index (χ1v) is 7.22. The summed E-state index contributed by atoms with van der Waals surface area (Å²) in [4.78, 5) is 13.5. The largest absolute Gasteiger partial charge is 0.449 e. The normalized spacial score (nSPS) is 32.7. The van der Waals surface area contributed by atoms with Gasteiger partial charge in [0.2, 0.25) is 0 Å². The van der Waals surface area contributed by atoms with Gasteiger partial charge in [0.15, 0.2) is 0 Å². The number of nitrogens with zero attached hydrogens (tertiary/aromatic N) is 1. The van der Waals surface area contributed by atoms with Crippen molar-refractivity contribution in [1.82, 2.24) is 4.90 Å². The number of unbranched alkanes of at least 4 members (excludes halogenated alkanes) is 1. The lowest BCUT2D eigenvalue weighted by atomic mass is 10.1. The quantitative estimate of drug-likeness (QED) is 0.452. The zero-order chi connectivity index (χ0) is 10.9. The van der Waals surface area contributed by atoms with Crippen molar-refractivity contribution in [3.05, 3.63) is 0 Å². The number of carbonyl (C=O) groups is 1. The Morgan fingerprint density at radius 3 is 3.07 bits per heavy atom. The van der Waals surface area contributed by atoms with E-state index in [9.17, 15) is 4.79 Å². The van der Waals surface area contributed by atoms with Crippen LogP contribution < -0.4 is 0 Å². The Morgan fingerprint density at radius 1 is 1.67 bits per heavy atom. The van der Waals surface area contributed by atoms with Crippen LogP contribution in [0.5, 0.6) is 0 Å². The molecule has 0 aromatic heterocycles. The minimum absolute atomic E-state index is 0.0973. The number of piperidine rings is 1. The van der Waals surface area contributed by atoms with Crippen LogP contribution in [-0.2, 0) is 4.74 Å². The van der Waals surface area contributed by atoms with Crippen LogP contribution in [0.1, 0.15) is 26.2 Å². The second-order valence-electron chi connectivity index (χ2n) is 4.75. The summed E-state index contributed by atoms with van der Waals surface area (Å²) in [5, 5.41) is 0. The van der Waals surface area contributed by atoms with Crippen LogP contribution in [0.15, 0.2) is 0 Å². The number of likely N-dealkylation sites (tertiary alicyclic amines) is 1. The van der Waals surface area contributed by atoms with Crippen molar-refractivity contribution in [2.24, 2.45) is 11.3 Å². The number of alkyl halides is 1. The predicted octanol–water partition coefficient (Wildman–Crippen LogP) is 2.68. The summed E-state index contributed by atoms with van der Waals surface area (Å²) in [5.74, 6) is 0.758. The number of amides is 1. The van der Waals surface area contributed by atoms with Gasteiger partial charge in [0.1, 0.15) is 0 Å². The van der Waals surface area contributed by atoms with Crippen LogP contribution in [0.25, 0.3) is 0 Å². The Morgan fingerprint density at radius 2 is 2.47 bits per heavy atom. The van der Waals surface area contributed by atoms with Crippen molar-refractivity contribution in [3.63, 3.8) is 0 Å². The Balaban J connectivity index is 1.74. The molecule has 1 aliphatic carbocycles. The van der Waals surface area contributed by atoms with E-state index in [1.807, 2.05) is 4.90 Å². The molecular formula is C11H18INO2. The molecule has 1 aliphatic heterocycles. The summed E-state index contributed by atoms with van der Waals surface area (Å²) >= 11 is 2.44. The summed E-state index contributed by atoms with van der Waals surface area (Å²) in [5.41, 5.74) is 0.463. The van der Waals surface area contributed by atoms with Gasteiger partial charge in [-0.15, -0.1) is 0 Å². The van der Waals surface area contributed by atoms with Crippen molar-refractivity contribution in [2.45, 2.75) is 26.2 Å². The third-order valence-corrected chi connectivity index (χ3v) is 5.07. The van der Waals surface area contributed by atoms with Crippen molar-refractivity contribution < 1.29 is 9.53 Å². The van der Waals surface area contributed by atoms with Crippen molar-refractivity contribution >= 4 is 28.7 Å². The molecule has 0 bridgehead atoms. The van der Waals surface area contributed by atoms with Crippen LogP contribution in [0.3, 0.4) is 0 Å². The molecule has 2 atom stereocenters. The second-order valence-corrected chi connectivity index (χ2v) is 5.51. The van der Waals surface area contributed by atoms with Crippen molar-refractivity contribution in [2.75, 3.05) is 24.1 Å². The highest BCUT2D eigenvalue weighted by molar-refractivity contribution is 14.1. The molecule has 2 unspecified atom stereocenters. The average Bonchev–Trinajstić information content (AvgIpc) is 2.81. The molecule has 86 valence electrons. The second kappa shape index (κ2) is 4.47. The molecule has 2 rings (SSSR count). The van der Waals surface area contributed by atoms with Gasteiger partial charge < -0.3 is 9.64 Å². The lowest BCUT2D eigenvalue weighted by Gasteiger charge is -2.19. The van der Waals surface area contributed by atoms with Gasteiger partial charge in [0.05, 0.1) is 6.61 Å². The summed E-state index contributed by atoms with van der Waals surface area (Å²) in [7, 11) is 0. The molecule has 0 radical (unpaired) electrons. The van der Waals surface area contributed by atoms with Gasteiger partial charge in [-0.3, -0.25) is 0 Å². The van der Waals surface area contributed by atoms with Crippen LogP contribution in [0.4, 0.5) is 4.79 Å². The van der Waals surface area contributed by atoms with Gasteiger partial charge in [-0.2, -0.15) is 0 Å². The van der Waals surface area contributed by atoms with Gasteiger partial charge in [0, 0.05) is 22.9 Å². The number of carbonyl (C=O) groups excluding carboxylic acids is 1. The van der Waals surface area contributed by atoms with Crippen LogP contribution in [-0.4, -0.2) is 35.1 Å². The van der Waals surface area contributed by atoms with Gasteiger partial charge >= 0.3 is 6.09 Å². The highest BCUT2D eigenvalue weighted by atomic mass is 127. The molecule has 2 aliphatic rings. The van der Waals surface area contributed by atoms with Crippen LogP contribution in [0, 0.1) is 11.3 Å². The van der Waals surface area contributed by atoms with Crippen molar-refractivity contribution in [1.29, 1.82) is 0 Å². The van der Waals surface area contributed by atoms with Gasteiger partial charge in [0.25, 0.3) is 0 Å². The zero-order valence-electron chi connectivity index (χ0n) is 9.17. The van der Waals surface area contributed by atoms with Gasteiger partial charge in [-0.05, 0) is 18.8 Å². The van der Waals surface area contributed by atoms with E-state index in [0.717, 1.165) is 31.8 Å². The molecule has 0 N–H and O–H groups in total. The van der Waals surface area contributed by atoms with E-state index >= 15 is 0 Å². The number of rotatable bonds is 4. The standard InChI is InChI=1S/C11H18INO2/c1-2-3-4-15-10(14)13-6-9-5-11(9,7-12)8-13/h9H,2-8H2,1H3. The fraction of sp³-hybridized carbons (Fsp3) is 0.909. The number of ether oxygens (including phenoxy) is 1. The predicted molar refractivity (Wildman–Crippen MR) is 67.3 cm³/mol. The Bertz CT molecular complexity index is 255. The molecule has 1 amide bonds. The number of halogens is 1. The first kappa shape index (κ1) is 11.5. The molecule has 3 nitrogen and oxygen atoms in total. The van der Waals surface area contributed by atoms with E-state index in [1.165, 1.54) is 10.8 Å². The lowest BCUT2D eigenvalue weighted by Crippen LogP contribution is -2.32. The molecule has 15 heavy (non-hydrogen) atoms. The van der Waals surface area contributed by atoms with E-state index in [1.54, 1.807) is 0 Å². The Kier molecular flexibility index (Phi) is 3.42. The third kappa shape index (κ3) is 2.24. The molecule has 0 spiro atoms. The zero-order valence-corrected chi connectivity index (χ0v) is 11.3. The Labute approximate surface area is 105 Å². The third-order valence-electron chi connectivity index (χ3n) is 3.55. The minimum atomic E-state index is -0.0973. The molecule has 0 aromatic rings. The van der Waals surface area contributed by atoms with E-state index in [-0.39, 0.29) is 6.09 Å². The summed E-state index contributed by atoms with van der Waals surface area (Å²) in [6.07, 6.45) is 3.27. The molecule has 1 saturated heterocycles. The molecule has 2 fully saturated rings. The maximum absolute atomic E-state index is 11.6. The fourth-order valence-electron chi connectivity index (χ4n) is 2.33. The monoisotopic (exact) mass is 323 g/mol. The van der Waals surface area contributed by atoms with E-state index in [2.05, 4.69) is 29.5 Å². The summed E-state index contributed by atoms with van der Waals surface area (Å²) in [6.45, 7) is 4.53. The first-order valence-electron chi connectivity index (χ1n) is 5.69. The highest BCUT2D eigenvalue weighted by Crippen LogP contribution is 2.58. The molecule has 1 saturated carbocycles. The molecule has 1 heterocycles. The average molecular weight is 323 g/mol. The van der Waals surface area contributed by atoms with Gasteiger partial charge in [-0.1, -0.05) is 35.9 Å². The number of hydrogen-bond acceptors (Lipinski definition) is 2. The number of fused-ring (bicyclic) bond motifs is 1. The van der Waals surface area contributed by atoms with Gasteiger partial charge in [-0.25, -0.2) is 4.79 Å². The van der Waals surface area contributed by atoms with Crippen molar-refractivity contribution in [3.8, 4) is 0 Å². The lowest BCUT2D eigenvalue weighted by molar-refractivity contribution is 0.104.